The number of fused-ring (bicyclic) bond motifs is 1. The Balaban J connectivity index is 1.59. The highest BCUT2D eigenvalue weighted by molar-refractivity contribution is 6.31. The Morgan fingerprint density at radius 3 is 2.56 bits per heavy atom. The number of rotatable bonds is 6. The summed E-state index contributed by atoms with van der Waals surface area (Å²) in [6.45, 7) is 3.38. The molecule has 2 aromatic carbocycles. The summed E-state index contributed by atoms with van der Waals surface area (Å²) in [5, 5.41) is 2.61. The molecule has 1 N–H and O–H groups in total. The van der Waals surface area contributed by atoms with Crippen molar-refractivity contribution in [1.29, 1.82) is 0 Å². The molecule has 4 aromatic rings. The molecule has 1 amide bonds. The van der Waals surface area contributed by atoms with E-state index in [9.17, 15) is 27.6 Å². The molecule has 0 bridgehead atoms. The standard InChI is InChI=1S/C29H26ClF3N6O4/c1-4-43-27(42)24-34-14-23(37(24)3)39-26(41)19-12-16(2)38(15-22(19)36-28(39)35-18-8-6-5-7-9-18)25(40)17-10-11-21(30)20(13-17)29(31,32)33/h5-11,13-14,16H,4,12,15H2,1-3H3,(H,35,36)/t16-/m1/s1. The molecule has 14 heteroatoms. The molecule has 0 fully saturated rings. The maximum atomic E-state index is 14.0. The third-order valence-electron chi connectivity index (χ3n) is 7.07. The number of para-hydroxylation sites is 1. The highest BCUT2D eigenvalue weighted by Gasteiger charge is 2.36. The molecular formula is C29H26ClF3N6O4. The van der Waals surface area contributed by atoms with Crippen LogP contribution in [0.1, 0.15) is 51.6 Å². The Kier molecular flexibility index (Phi) is 8.02. The average molecular weight is 615 g/mol. The molecule has 5 rings (SSSR count). The van der Waals surface area contributed by atoms with E-state index in [1.165, 1.54) is 26.3 Å². The molecular weight excluding hydrogens is 589 g/mol. The van der Waals surface area contributed by atoms with Gasteiger partial charge in [-0.05, 0) is 50.6 Å². The molecule has 0 radical (unpaired) electrons. The number of carbonyl (C=O) groups excluding carboxylic acids is 2. The van der Waals surface area contributed by atoms with Crippen molar-refractivity contribution in [2.24, 2.45) is 7.05 Å². The second-order valence-corrected chi connectivity index (χ2v) is 10.3. The third-order valence-corrected chi connectivity index (χ3v) is 7.40. The molecule has 0 aliphatic carbocycles. The van der Waals surface area contributed by atoms with Crippen LogP contribution in [0.5, 0.6) is 0 Å². The number of alkyl halides is 3. The van der Waals surface area contributed by atoms with E-state index in [0.29, 0.717) is 11.3 Å². The lowest BCUT2D eigenvalue weighted by molar-refractivity contribution is -0.137. The third kappa shape index (κ3) is 5.72. The number of hydrogen-bond acceptors (Lipinski definition) is 7. The van der Waals surface area contributed by atoms with Gasteiger partial charge in [0, 0.05) is 29.9 Å². The van der Waals surface area contributed by atoms with E-state index >= 15 is 0 Å². The number of halogens is 4. The molecule has 3 heterocycles. The van der Waals surface area contributed by atoms with Gasteiger partial charge in [0.15, 0.2) is 0 Å². The van der Waals surface area contributed by atoms with Gasteiger partial charge in [-0.3, -0.25) is 9.59 Å². The lowest BCUT2D eigenvalue weighted by atomic mass is 9.98. The van der Waals surface area contributed by atoms with Crippen LogP contribution < -0.4 is 10.9 Å². The minimum atomic E-state index is -4.74. The van der Waals surface area contributed by atoms with Gasteiger partial charge in [0.1, 0.15) is 5.82 Å². The predicted molar refractivity (Wildman–Crippen MR) is 152 cm³/mol. The number of amides is 1. The molecule has 224 valence electrons. The second kappa shape index (κ2) is 11.6. The number of carbonyl (C=O) groups is 2. The minimum Gasteiger partial charge on any atom is -0.460 e. The maximum absolute atomic E-state index is 14.0. The number of nitrogens with one attached hydrogen (secondary N) is 1. The van der Waals surface area contributed by atoms with Crippen molar-refractivity contribution in [3.63, 3.8) is 0 Å². The van der Waals surface area contributed by atoms with Crippen molar-refractivity contribution in [2.45, 2.75) is 39.0 Å². The first-order chi connectivity index (χ1) is 20.4. The molecule has 2 aromatic heterocycles. The zero-order valence-electron chi connectivity index (χ0n) is 23.3. The van der Waals surface area contributed by atoms with Crippen LogP contribution in [0.2, 0.25) is 5.02 Å². The summed E-state index contributed by atoms with van der Waals surface area (Å²) in [4.78, 5) is 50.2. The van der Waals surface area contributed by atoms with Crippen LogP contribution in [0.25, 0.3) is 5.82 Å². The molecule has 0 unspecified atom stereocenters. The van der Waals surface area contributed by atoms with Crippen LogP contribution in [0.4, 0.5) is 24.8 Å². The van der Waals surface area contributed by atoms with E-state index in [2.05, 4.69) is 10.3 Å². The van der Waals surface area contributed by atoms with Crippen molar-refractivity contribution in [1.82, 2.24) is 24.0 Å². The Hall–Kier alpha value is -4.65. The summed E-state index contributed by atoms with van der Waals surface area (Å²) in [7, 11) is 1.57. The van der Waals surface area contributed by atoms with Gasteiger partial charge in [-0.25, -0.2) is 19.3 Å². The Morgan fingerprint density at radius 1 is 1.16 bits per heavy atom. The first-order valence-electron chi connectivity index (χ1n) is 13.2. The summed E-state index contributed by atoms with van der Waals surface area (Å²) in [6.07, 6.45) is -3.29. The zero-order chi connectivity index (χ0) is 31.1. The highest BCUT2D eigenvalue weighted by atomic mass is 35.5. The van der Waals surface area contributed by atoms with E-state index in [1.807, 2.05) is 6.07 Å². The summed E-state index contributed by atoms with van der Waals surface area (Å²) in [6, 6.07) is 11.4. The summed E-state index contributed by atoms with van der Waals surface area (Å²) in [5.74, 6) is -1.01. The van der Waals surface area contributed by atoms with Gasteiger partial charge in [-0.15, -0.1) is 0 Å². The lowest BCUT2D eigenvalue weighted by Crippen LogP contribution is -2.46. The Bertz CT molecular complexity index is 1770. The SMILES string of the molecule is CCOC(=O)c1ncc(-n2c(Nc3ccccc3)nc3c(c2=O)C[C@@H](C)N(C(=O)c2ccc(Cl)c(C(F)(F)F)c2)C3)n1C. The van der Waals surface area contributed by atoms with Crippen LogP contribution in [-0.2, 0) is 30.9 Å². The average Bonchev–Trinajstić information content (AvgIpc) is 3.34. The summed E-state index contributed by atoms with van der Waals surface area (Å²) < 4.78 is 48.2. The fourth-order valence-electron chi connectivity index (χ4n) is 4.91. The van der Waals surface area contributed by atoms with E-state index < -0.39 is 40.2 Å². The van der Waals surface area contributed by atoms with Gasteiger partial charge in [0.2, 0.25) is 11.8 Å². The summed E-state index contributed by atoms with van der Waals surface area (Å²) in [5.41, 5.74) is -0.547. The Morgan fingerprint density at radius 2 is 1.88 bits per heavy atom. The van der Waals surface area contributed by atoms with Crippen LogP contribution in [0.3, 0.4) is 0 Å². The van der Waals surface area contributed by atoms with Crippen LogP contribution >= 0.6 is 11.6 Å². The topological polar surface area (TPSA) is 111 Å². The van der Waals surface area contributed by atoms with Crippen molar-refractivity contribution in [3.05, 3.63) is 98.3 Å². The first kappa shape index (κ1) is 29.8. The molecule has 10 nitrogen and oxygen atoms in total. The minimum absolute atomic E-state index is 0.0153. The lowest BCUT2D eigenvalue weighted by Gasteiger charge is -2.34. The quantitative estimate of drug-likeness (QED) is 0.299. The molecule has 1 atom stereocenters. The van der Waals surface area contributed by atoms with Crippen molar-refractivity contribution >= 4 is 35.1 Å². The Labute approximate surface area is 248 Å². The highest BCUT2D eigenvalue weighted by Crippen LogP contribution is 2.36. The van der Waals surface area contributed by atoms with Crippen LogP contribution in [0.15, 0.2) is 59.5 Å². The number of aromatic nitrogens is 4. The molecule has 43 heavy (non-hydrogen) atoms. The number of hydrogen-bond donors (Lipinski definition) is 1. The normalized spacial score (nSPS) is 14.8. The fraction of sp³-hybridized carbons (Fsp3) is 0.276. The van der Waals surface area contributed by atoms with Gasteiger partial charge >= 0.3 is 12.1 Å². The van der Waals surface area contributed by atoms with E-state index in [4.69, 9.17) is 21.3 Å². The van der Waals surface area contributed by atoms with Crippen molar-refractivity contribution < 1.29 is 27.5 Å². The second-order valence-electron chi connectivity index (χ2n) is 9.89. The first-order valence-corrected chi connectivity index (χ1v) is 13.6. The number of esters is 1. The van der Waals surface area contributed by atoms with Gasteiger partial charge in [0.05, 0.1) is 35.6 Å². The number of nitrogens with zero attached hydrogens (tertiary/aromatic N) is 5. The molecule has 1 aliphatic rings. The van der Waals surface area contributed by atoms with Crippen LogP contribution in [0, 0.1) is 0 Å². The van der Waals surface area contributed by atoms with Gasteiger partial charge in [-0.1, -0.05) is 29.8 Å². The van der Waals surface area contributed by atoms with Gasteiger partial charge in [0.25, 0.3) is 11.5 Å². The van der Waals surface area contributed by atoms with Gasteiger partial charge in [-0.2, -0.15) is 13.2 Å². The largest absolute Gasteiger partial charge is 0.460 e. The number of anilines is 2. The maximum Gasteiger partial charge on any atom is 0.417 e. The summed E-state index contributed by atoms with van der Waals surface area (Å²) >= 11 is 5.75. The van der Waals surface area contributed by atoms with Gasteiger partial charge < -0.3 is 19.5 Å². The van der Waals surface area contributed by atoms with Crippen molar-refractivity contribution in [3.8, 4) is 5.82 Å². The van der Waals surface area contributed by atoms with Crippen molar-refractivity contribution in [2.75, 3.05) is 11.9 Å². The van der Waals surface area contributed by atoms with Crippen LogP contribution in [-0.4, -0.2) is 48.5 Å². The number of ether oxygens (including phenoxy) is 1. The number of imidazole rings is 1. The van der Waals surface area contributed by atoms with E-state index in [-0.39, 0.29) is 48.4 Å². The van der Waals surface area contributed by atoms with E-state index in [1.54, 1.807) is 45.2 Å². The zero-order valence-corrected chi connectivity index (χ0v) is 24.0. The molecule has 0 spiro atoms. The molecule has 0 saturated carbocycles. The fourth-order valence-corrected chi connectivity index (χ4v) is 5.14. The predicted octanol–water partition coefficient (Wildman–Crippen LogP) is 5.15. The molecule has 0 saturated heterocycles. The molecule has 1 aliphatic heterocycles. The number of benzene rings is 2. The monoisotopic (exact) mass is 614 g/mol. The smallest absolute Gasteiger partial charge is 0.417 e. The van der Waals surface area contributed by atoms with E-state index in [0.717, 1.165) is 12.1 Å².